The molecule has 7 aromatic rings. The molecule has 0 saturated carbocycles. The Bertz CT molecular complexity index is 1820. The molecule has 178 valence electrons. The van der Waals surface area contributed by atoms with Crippen LogP contribution >= 0.6 is 0 Å². The summed E-state index contributed by atoms with van der Waals surface area (Å²) in [6, 6.07) is 34.1. The summed E-state index contributed by atoms with van der Waals surface area (Å²) in [6.45, 7) is 0. The van der Waals surface area contributed by atoms with Gasteiger partial charge in [-0.2, -0.15) is 0 Å². The quantitative estimate of drug-likeness (QED) is 0.265. The Hall–Kier alpha value is -5.36. The Balaban J connectivity index is 1.38. The maximum Gasteiger partial charge on any atom is 0.164 e. The van der Waals surface area contributed by atoms with Crippen LogP contribution in [0.4, 0.5) is 0 Å². The minimum atomic E-state index is 0.607. The van der Waals surface area contributed by atoms with Crippen LogP contribution in [0.25, 0.3) is 67.2 Å². The molecule has 4 heterocycles. The first kappa shape index (κ1) is 21.9. The Morgan fingerprint density at radius 3 is 1.42 bits per heavy atom. The largest absolute Gasteiger partial charge is 0.256 e. The second kappa shape index (κ2) is 9.26. The molecule has 0 saturated heterocycles. The van der Waals surface area contributed by atoms with Crippen molar-refractivity contribution in [1.82, 2.24) is 29.9 Å². The fraction of sp³-hybridized carbons (Fsp3) is 0. The fourth-order valence-electron chi connectivity index (χ4n) is 4.52. The number of pyridine rings is 3. The van der Waals surface area contributed by atoms with Gasteiger partial charge in [0.05, 0.1) is 16.7 Å². The topological polar surface area (TPSA) is 77.3 Å². The number of nitrogens with zero attached hydrogens (tertiary/aromatic N) is 6. The molecule has 0 fully saturated rings. The highest BCUT2D eigenvalue weighted by atomic mass is 15.0. The number of rotatable bonds is 4. The SMILES string of the molecule is c1ccc(-c2ccc(-c3nc(-c4ccc5ncccc5c4)nc(-c4ccc5ncccc5c4)n3)cc2)nc1. The van der Waals surface area contributed by atoms with E-state index in [2.05, 4.69) is 27.1 Å². The van der Waals surface area contributed by atoms with E-state index >= 15 is 0 Å². The van der Waals surface area contributed by atoms with Crippen LogP contribution in [0.5, 0.6) is 0 Å². The zero-order valence-electron chi connectivity index (χ0n) is 20.2. The summed E-state index contributed by atoms with van der Waals surface area (Å²) in [6.07, 6.45) is 5.39. The summed E-state index contributed by atoms with van der Waals surface area (Å²) in [5, 5.41) is 2.06. The van der Waals surface area contributed by atoms with Crippen LogP contribution in [0.1, 0.15) is 0 Å². The summed E-state index contributed by atoms with van der Waals surface area (Å²) < 4.78 is 0. The normalized spacial score (nSPS) is 11.2. The molecule has 0 spiro atoms. The lowest BCUT2D eigenvalue weighted by atomic mass is 10.1. The van der Waals surface area contributed by atoms with Gasteiger partial charge in [-0.3, -0.25) is 15.0 Å². The molecule has 0 N–H and O–H groups in total. The van der Waals surface area contributed by atoms with E-state index in [1.165, 1.54) is 0 Å². The van der Waals surface area contributed by atoms with Crippen molar-refractivity contribution >= 4 is 21.8 Å². The molecule has 0 aliphatic heterocycles. The molecule has 0 amide bonds. The lowest BCUT2D eigenvalue weighted by Crippen LogP contribution is -2.00. The van der Waals surface area contributed by atoms with E-state index in [-0.39, 0.29) is 0 Å². The summed E-state index contributed by atoms with van der Waals surface area (Å²) in [5.74, 6) is 1.82. The highest BCUT2D eigenvalue weighted by molar-refractivity contribution is 5.85. The summed E-state index contributed by atoms with van der Waals surface area (Å²) in [7, 11) is 0. The second-order valence-electron chi connectivity index (χ2n) is 8.92. The van der Waals surface area contributed by atoms with Crippen LogP contribution in [0.15, 0.2) is 122 Å². The van der Waals surface area contributed by atoms with Gasteiger partial charge in [-0.05, 0) is 60.7 Å². The highest BCUT2D eigenvalue weighted by Gasteiger charge is 2.14. The predicted molar refractivity (Wildman–Crippen MR) is 150 cm³/mol. The third kappa shape index (κ3) is 4.14. The average Bonchev–Trinajstić information content (AvgIpc) is 3.01. The molecule has 0 aliphatic rings. The molecule has 0 aliphatic carbocycles. The smallest absolute Gasteiger partial charge is 0.164 e. The van der Waals surface area contributed by atoms with Crippen LogP contribution in [0.3, 0.4) is 0 Å². The van der Waals surface area contributed by atoms with Gasteiger partial charge in [0.2, 0.25) is 0 Å². The molecule has 6 heteroatoms. The first-order chi connectivity index (χ1) is 18.8. The first-order valence-electron chi connectivity index (χ1n) is 12.3. The molecular weight excluding hydrogens is 468 g/mol. The first-order valence-corrected chi connectivity index (χ1v) is 12.3. The van der Waals surface area contributed by atoms with E-state index in [1.807, 2.05) is 91.0 Å². The molecule has 7 rings (SSSR count). The fourth-order valence-corrected chi connectivity index (χ4v) is 4.52. The van der Waals surface area contributed by atoms with Crippen molar-refractivity contribution in [3.8, 4) is 45.4 Å². The average molecular weight is 489 g/mol. The van der Waals surface area contributed by atoms with E-state index in [0.717, 1.165) is 49.8 Å². The maximum absolute atomic E-state index is 4.91. The van der Waals surface area contributed by atoms with Crippen molar-refractivity contribution in [2.24, 2.45) is 0 Å². The predicted octanol–water partition coefficient (Wildman–Crippen LogP) is 7.03. The van der Waals surface area contributed by atoms with Gasteiger partial charge in [-0.15, -0.1) is 0 Å². The third-order valence-corrected chi connectivity index (χ3v) is 6.46. The third-order valence-electron chi connectivity index (χ3n) is 6.46. The Labute approximate surface area is 218 Å². The summed E-state index contributed by atoms with van der Waals surface area (Å²) in [5.41, 5.74) is 6.53. The van der Waals surface area contributed by atoms with Crippen LogP contribution in [-0.2, 0) is 0 Å². The van der Waals surface area contributed by atoms with E-state index in [4.69, 9.17) is 15.0 Å². The van der Waals surface area contributed by atoms with E-state index < -0.39 is 0 Å². The number of aromatic nitrogens is 6. The van der Waals surface area contributed by atoms with Crippen LogP contribution in [0, 0.1) is 0 Å². The van der Waals surface area contributed by atoms with E-state index in [9.17, 15) is 0 Å². The minimum absolute atomic E-state index is 0.607. The number of hydrogen-bond acceptors (Lipinski definition) is 6. The van der Waals surface area contributed by atoms with Gasteiger partial charge in [0.25, 0.3) is 0 Å². The zero-order valence-corrected chi connectivity index (χ0v) is 20.2. The molecule has 0 bridgehead atoms. The molecule has 4 aromatic heterocycles. The Morgan fingerprint density at radius 2 is 0.868 bits per heavy atom. The maximum atomic E-state index is 4.91. The summed E-state index contributed by atoms with van der Waals surface area (Å²) in [4.78, 5) is 28.1. The lowest BCUT2D eigenvalue weighted by molar-refractivity contribution is 1.07. The lowest BCUT2D eigenvalue weighted by Gasteiger charge is -2.10. The van der Waals surface area contributed by atoms with E-state index in [1.54, 1.807) is 18.6 Å². The van der Waals surface area contributed by atoms with Gasteiger partial charge in [0, 0.05) is 51.6 Å². The van der Waals surface area contributed by atoms with Gasteiger partial charge in [-0.1, -0.05) is 42.5 Å². The van der Waals surface area contributed by atoms with Crippen molar-refractivity contribution in [1.29, 1.82) is 0 Å². The zero-order chi connectivity index (χ0) is 25.3. The number of benzene rings is 3. The van der Waals surface area contributed by atoms with Gasteiger partial charge in [-0.25, -0.2) is 15.0 Å². The highest BCUT2D eigenvalue weighted by Crippen LogP contribution is 2.29. The molecule has 0 radical (unpaired) electrons. The van der Waals surface area contributed by atoms with Crippen molar-refractivity contribution in [3.63, 3.8) is 0 Å². The monoisotopic (exact) mass is 488 g/mol. The molecular formula is C32H20N6. The van der Waals surface area contributed by atoms with Crippen molar-refractivity contribution in [3.05, 3.63) is 122 Å². The van der Waals surface area contributed by atoms with Gasteiger partial charge >= 0.3 is 0 Å². The summed E-state index contributed by atoms with van der Waals surface area (Å²) >= 11 is 0. The van der Waals surface area contributed by atoms with Gasteiger partial charge in [0.15, 0.2) is 17.5 Å². The molecule has 38 heavy (non-hydrogen) atoms. The number of fused-ring (bicyclic) bond motifs is 2. The van der Waals surface area contributed by atoms with E-state index in [0.29, 0.717) is 17.5 Å². The van der Waals surface area contributed by atoms with Crippen LogP contribution in [0.2, 0.25) is 0 Å². The van der Waals surface area contributed by atoms with Gasteiger partial charge in [0.1, 0.15) is 0 Å². The number of hydrogen-bond donors (Lipinski definition) is 0. The van der Waals surface area contributed by atoms with Crippen molar-refractivity contribution in [2.45, 2.75) is 0 Å². The molecule has 6 nitrogen and oxygen atoms in total. The minimum Gasteiger partial charge on any atom is -0.256 e. The van der Waals surface area contributed by atoms with Crippen molar-refractivity contribution < 1.29 is 0 Å². The molecule has 0 atom stereocenters. The van der Waals surface area contributed by atoms with Crippen LogP contribution in [-0.4, -0.2) is 29.9 Å². The standard InChI is InChI=1S/C32H20N6/c1-2-16-33-27(7-1)21-8-10-22(11-9-21)30-36-31(25-12-14-28-23(19-25)5-3-17-34-28)38-32(37-30)26-13-15-29-24(20-26)6-4-18-35-29/h1-20H. The van der Waals surface area contributed by atoms with Gasteiger partial charge < -0.3 is 0 Å². The Kier molecular flexibility index (Phi) is 5.33. The molecule has 3 aromatic carbocycles. The molecule has 0 unspecified atom stereocenters. The Morgan fingerprint density at radius 1 is 0.368 bits per heavy atom. The second-order valence-corrected chi connectivity index (χ2v) is 8.92. The van der Waals surface area contributed by atoms with Crippen LogP contribution < -0.4 is 0 Å². The van der Waals surface area contributed by atoms with Crippen molar-refractivity contribution in [2.75, 3.05) is 0 Å².